The lowest BCUT2D eigenvalue weighted by Gasteiger charge is -2.34. The summed E-state index contributed by atoms with van der Waals surface area (Å²) in [4.78, 5) is 26.2. The zero-order valence-electron chi connectivity index (χ0n) is 14.1. The van der Waals surface area contributed by atoms with Gasteiger partial charge in [0.15, 0.2) is 5.69 Å². The fourth-order valence-electron chi connectivity index (χ4n) is 2.70. The second-order valence-electron chi connectivity index (χ2n) is 6.48. The van der Waals surface area contributed by atoms with E-state index in [0.29, 0.717) is 19.5 Å². The highest BCUT2D eigenvalue weighted by Crippen LogP contribution is 2.32. The van der Waals surface area contributed by atoms with Crippen LogP contribution in [0.2, 0.25) is 0 Å². The van der Waals surface area contributed by atoms with Gasteiger partial charge in [-0.2, -0.15) is 18.3 Å². The molecule has 1 aromatic rings. The lowest BCUT2D eigenvalue weighted by molar-refractivity contribution is -0.147. The summed E-state index contributed by atoms with van der Waals surface area (Å²) in [6.07, 6.45) is -2.78. The molecule has 0 aromatic carbocycles. The van der Waals surface area contributed by atoms with Gasteiger partial charge in [0.05, 0.1) is 0 Å². The number of aromatic nitrogens is 2. The van der Waals surface area contributed by atoms with Gasteiger partial charge in [-0.3, -0.25) is 14.3 Å². The number of hydrogen-bond acceptors (Lipinski definition) is 3. The van der Waals surface area contributed by atoms with Crippen molar-refractivity contribution < 1.29 is 22.8 Å². The maximum atomic E-state index is 12.9. The standard InChI is InChI=1S/C15H21F3N4O2/c1-9-8-22(20-11(9)15(16,17)18)14(3,4)13(24)21-7-5-6-19-12(23)10(21)2/h8,10H,5-7H2,1-4H3,(H,19,23). The number of hydrogen-bond donors (Lipinski definition) is 1. The van der Waals surface area contributed by atoms with Crippen LogP contribution in [0.25, 0.3) is 0 Å². The lowest BCUT2D eigenvalue weighted by Crippen LogP contribution is -2.53. The molecule has 6 nitrogen and oxygen atoms in total. The lowest BCUT2D eigenvalue weighted by atomic mass is 10.0. The number of aryl methyl sites for hydroxylation is 1. The van der Waals surface area contributed by atoms with Gasteiger partial charge >= 0.3 is 6.18 Å². The Kier molecular flexibility index (Phi) is 4.65. The van der Waals surface area contributed by atoms with Crippen molar-refractivity contribution in [2.24, 2.45) is 0 Å². The Morgan fingerprint density at radius 1 is 1.38 bits per heavy atom. The molecule has 1 atom stereocenters. The number of carbonyl (C=O) groups excluding carboxylic acids is 2. The molecule has 2 rings (SSSR count). The first kappa shape index (κ1) is 18.3. The van der Waals surface area contributed by atoms with Gasteiger partial charge in [-0.15, -0.1) is 0 Å². The third-order valence-corrected chi connectivity index (χ3v) is 4.24. The fourth-order valence-corrected chi connectivity index (χ4v) is 2.70. The molecule has 134 valence electrons. The minimum atomic E-state index is -4.58. The normalized spacial score (nSPS) is 19.9. The minimum Gasteiger partial charge on any atom is -0.354 e. The van der Waals surface area contributed by atoms with Gasteiger partial charge in [0.2, 0.25) is 5.91 Å². The molecule has 1 fully saturated rings. The zero-order chi connectivity index (χ0) is 18.3. The number of nitrogens with zero attached hydrogens (tertiary/aromatic N) is 3. The number of rotatable bonds is 2. The van der Waals surface area contributed by atoms with Gasteiger partial charge in [0, 0.05) is 19.3 Å². The zero-order valence-corrected chi connectivity index (χ0v) is 14.1. The van der Waals surface area contributed by atoms with Crippen molar-refractivity contribution in [1.29, 1.82) is 0 Å². The predicted molar refractivity (Wildman–Crippen MR) is 80.1 cm³/mol. The summed E-state index contributed by atoms with van der Waals surface area (Å²) in [5.41, 5.74) is -2.40. The third kappa shape index (κ3) is 3.25. The summed E-state index contributed by atoms with van der Waals surface area (Å²) >= 11 is 0. The van der Waals surface area contributed by atoms with E-state index < -0.39 is 29.4 Å². The second-order valence-corrected chi connectivity index (χ2v) is 6.48. The summed E-state index contributed by atoms with van der Waals surface area (Å²) in [5, 5.41) is 6.28. The molecule has 1 aliphatic heterocycles. The van der Waals surface area contributed by atoms with Crippen LogP contribution in [0.4, 0.5) is 13.2 Å². The number of amides is 2. The molecule has 0 radical (unpaired) electrons. The van der Waals surface area contributed by atoms with Crippen LogP contribution in [0.3, 0.4) is 0 Å². The van der Waals surface area contributed by atoms with E-state index in [2.05, 4.69) is 10.4 Å². The molecule has 0 aliphatic carbocycles. The Bertz CT molecular complexity index is 652. The quantitative estimate of drug-likeness (QED) is 0.886. The van der Waals surface area contributed by atoms with E-state index >= 15 is 0 Å². The molecule has 0 saturated carbocycles. The predicted octanol–water partition coefficient (Wildman–Crippen LogP) is 1.68. The van der Waals surface area contributed by atoms with E-state index in [1.807, 2.05) is 0 Å². The summed E-state index contributed by atoms with van der Waals surface area (Å²) in [6, 6.07) is -0.682. The van der Waals surface area contributed by atoms with E-state index in [4.69, 9.17) is 0 Å². The summed E-state index contributed by atoms with van der Waals surface area (Å²) in [5.74, 6) is -0.715. The second kappa shape index (κ2) is 6.10. The number of carbonyl (C=O) groups is 2. The van der Waals surface area contributed by atoms with Gasteiger partial charge in [0.25, 0.3) is 5.91 Å². The van der Waals surface area contributed by atoms with Crippen molar-refractivity contribution in [3.63, 3.8) is 0 Å². The number of nitrogens with one attached hydrogen (secondary N) is 1. The van der Waals surface area contributed by atoms with Gasteiger partial charge in [-0.05, 0) is 39.7 Å². The fraction of sp³-hybridized carbons (Fsp3) is 0.667. The van der Waals surface area contributed by atoms with Crippen LogP contribution >= 0.6 is 0 Å². The number of alkyl halides is 3. The van der Waals surface area contributed by atoms with Crippen LogP contribution < -0.4 is 5.32 Å². The molecule has 9 heteroatoms. The highest BCUT2D eigenvalue weighted by Gasteiger charge is 2.42. The highest BCUT2D eigenvalue weighted by molar-refractivity contribution is 5.90. The average molecular weight is 346 g/mol. The van der Waals surface area contributed by atoms with Crippen LogP contribution in [-0.4, -0.2) is 45.6 Å². The van der Waals surface area contributed by atoms with Crippen molar-refractivity contribution in [3.8, 4) is 0 Å². The molecule has 2 amide bonds. The van der Waals surface area contributed by atoms with Gasteiger partial charge in [0.1, 0.15) is 11.6 Å². The van der Waals surface area contributed by atoms with Crippen LogP contribution in [0, 0.1) is 6.92 Å². The molecule has 0 spiro atoms. The van der Waals surface area contributed by atoms with E-state index in [0.717, 1.165) is 4.68 Å². The Morgan fingerprint density at radius 2 is 2.00 bits per heavy atom. The molecule has 1 unspecified atom stereocenters. The van der Waals surface area contributed by atoms with E-state index in [1.54, 1.807) is 6.92 Å². The molecular weight excluding hydrogens is 325 g/mol. The van der Waals surface area contributed by atoms with Crippen molar-refractivity contribution in [3.05, 3.63) is 17.5 Å². The minimum absolute atomic E-state index is 0.0509. The SMILES string of the molecule is Cc1cn(C(C)(C)C(=O)N2CCCNC(=O)C2C)nc1C(F)(F)F. The van der Waals surface area contributed by atoms with Crippen molar-refractivity contribution in [2.75, 3.05) is 13.1 Å². The van der Waals surface area contributed by atoms with Crippen LogP contribution in [0.1, 0.15) is 38.4 Å². The average Bonchev–Trinajstić information content (AvgIpc) is 2.81. The topological polar surface area (TPSA) is 67.2 Å². The Balaban J connectivity index is 2.35. The summed E-state index contributed by atoms with van der Waals surface area (Å²) in [7, 11) is 0. The highest BCUT2D eigenvalue weighted by atomic mass is 19.4. The van der Waals surface area contributed by atoms with E-state index in [9.17, 15) is 22.8 Å². The van der Waals surface area contributed by atoms with Gasteiger partial charge in [-0.25, -0.2) is 0 Å². The van der Waals surface area contributed by atoms with Gasteiger partial charge in [-0.1, -0.05) is 0 Å². The maximum Gasteiger partial charge on any atom is 0.435 e. The molecule has 2 heterocycles. The molecule has 24 heavy (non-hydrogen) atoms. The first-order valence-corrected chi connectivity index (χ1v) is 7.69. The summed E-state index contributed by atoms with van der Waals surface area (Å²) < 4.78 is 39.9. The summed E-state index contributed by atoms with van der Waals surface area (Å²) in [6.45, 7) is 6.72. The van der Waals surface area contributed by atoms with Gasteiger partial charge < -0.3 is 10.2 Å². The first-order chi connectivity index (χ1) is 11.0. The molecule has 0 bridgehead atoms. The van der Waals surface area contributed by atoms with E-state index in [-0.39, 0.29) is 11.5 Å². The maximum absolute atomic E-state index is 12.9. The Morgan fingerprint density at radius 3 is 2.54 bits per heavy atom. The van der Waals surface area contributed by atoms with Crippen LogP contribution in [-0.2, 0) is 21.3 Å². The van der Waals surface area contributed by atoms with Crippen molar-refractivity contribution in [1.82, 2.24) is 20.0 Å². The third-order valence-electron chi connectivity index (χ3n) is 4.24. The molecule has 1 aromatic heterocycles. The monoisotopic (exact) mass is 346 g/mol. The van der Waals surface area contributed by atoms with Crippen molar-refractivity contribution >= 4 is 11.8 Å². The molecule has 1 saturated heterocycles. The largest absolute Gasteiger partial charge is 0.435 e. The van der Waals surface area contributed by atoms with E-state index in [1.165, 1.54) is 31.9 Å². The smallest absolute Gasteiger partial charge is 0.354 e. The van der Waals surface area contributed by atoms with Crippen LogP contribution in [0.5, 0.6) is 0 Å². The molecular formula is C15H21F3N4O2. The Labute approximate surface area is 138 Å². The molecule has 1 aliphatic rings. The Hall–Kier alpha value is -2.06. The van der Waals surface area contributed by atoms with Crippen LogP contribution in [0.15, 0.2) is 6.20 Å². The first-order valence-electron chi connectivity index (χ1n) is 7.69. The van der Waals surface area contributed by atoms with Crippen molar-refractivity contribution in [2.45, 2.75) is 51.9 Å². The number of halogens is 3. The molecule has 1 N–H and O–H groups in total.